The molecule has 0 atom stereocenters. The molecule has 0 aliphatic carbocycles. The first-order valence-electron chi connectivity index (χ1n) is 5.91. The summed E-state index contributed by atoms with van der Waals surface area (Å²) in [6, 6.07) is 7.51. The van der Waals surface area contributed by atoms with E-state index in [0.717, 1.165) is 11.3 Å². The summed E-state index contributed by atoms with van der Waals surface area (Å²) in [4.78, 5) is 0. The van der Waals surface area contributed by atoms with Crippen LogP contribution in [0.15, 0.2) is 41.8 Å². The summed E-state index contributed by atoms with van der Waals surface area (Å²) in [5, 5.41) is 11.5. The standard InChI is InChI=1S/C13H15N5OS/c1-18-9-10(8-15-18)7-14-17-13(20)16-11-5-3-4-6-12(11)19-2/h3-9H,1-2H3,(H2,16,17,20)/b14-7+. The zero-order chi connectivity index (χ0) is 14.4. The average molecular weight is 289 g/mol. The highest BCUT2D eigenvalue weighted by atomic mass is 32.1. The van der Waals surface area contributed by atoms with Crippen LogP contribution in [-0.2, 0) is 7.05 Å². The Labute approximate surface area is 122 Å². The van der Waals surface area contributed by atoms with Gasteiger partial charge in [-0.2, -0.15) is 10.2 Å². The third-order valence-electron chi connectivity index (χ3n) is 2.46. The van der Waals surface area contributed by atoms with E-state index in [1.165, 1.54) is 0 Å². The minimum atomic E-state index is 0.384. The fourth-order valence-electron chi connectivity index (χ4n) is 1.57. The summed E-state index contributed by atoms with van der Waals surface area (Å²) in [5.74, 6) is 0.716. The molecule has 0 unspecified atom stereocenters. The maximum absolute atomic E-state index is 5.22. The van der Waals surface area contributed by atoms with Crippen molar-refractivity contribution in [1.82, 2.24) is 15.2 Å². The molecule has 0 amide bonds. The Morgan fingerprint density at radius 2 is 2.25 bits per heavy atom. The number of ether oxygens (including phenoxy) is 1. The maximum Gasteiger partial charge on any atom is 0.191 e. The molecule has 0 radical (unpaired) electrons. The second kappa shape index (κ2) is 6.67. The Morgan fingerprint density at radius 1 is 1.45 bits per heavy atom. The number of hydrogen-bond donors (Lipinski definition) is 2. The molecule has 0 fully saturated rings. The number of benzene rings is 1. The van der Waals surface area contributed by atoms with Gasteiger partial charge >= 0.3 is 0 Å². The second-order valence-corrected chi connectivity index (χ2v) is 4.38. The number of rotatable bonds is 4. The molecule has 0 saturated heterocycles. The molecule has 6 nitrogen and oxygen atoms in total. The lowest BCUT2D eigenvalue weighted by molar-refractivity contribution is 0.417. The smallest absolute Gasteiger partial charge is 0.191 e. The van der Waals surface area contributed by atoms with Crippen molar-refractivity contribution in [2.24, 2.45) is 12.1 Å². The number of thiocarbonyl (C=S) groups is 1. The Hall–Kier alpha value is -2.41. The zero-order valence-corrected chi connectivity index (χ0v) is 12.0. The predicted molar refractivity (Wildman–Crippen MR) is 83.2 cm³/mol. The van der Waals surface area contributed by atoms with Gasteiger partial charge in [-0.25, -0.2) is 0 Å². The van der Waals surface area contributed by atoms with Gasteiger partial charge in [-0.3, -0.25) is 10.1 Å². The van der Waals surface area contributed by atoms with Gasteiger partial charge in [0.1, 0.15) is 5.75 Å². The van der Waals surface area contributed by atoms with Crippen LogP contribution in [0.4, 0.5) is 5.69 Å². The molecule has 104 valence electrons. The molecule has 0 aliphatic rings. The molecule has 1 aromatic carbocycles. The van der Waals surface area contributed by atoms with Gasteiger partial charge in [-0.05, 0) is 24.4 Å². The fourth-order valence-corrected chi connectivity index (χ4v) is 1.73. The Bertz CT molecular complexity index is 623. The van der Waals surface area contributed by atoms with Crippen molar-refractivity contribution in [2.45, 2.75) is 0 Å². The van der Waals surface area contributed by atoms with Crippen LogP contribution in [0.3, 0.4) is 0 Å². The lowest BCUT2D eigenvalue weighted by Crippen LogP contribution is -2.24. The van der Waals surface area contributed by atoms with E-state index in [-0.39, 0.29) is 0 Å². The van der Waals surface area contributed by atoms with Gasteiger partial charge in [0.15, 0.2) is 5.11 Å². The van der Waals surface area contributed by atoms with Crippen molar-refractivity contribution in [3.05, 3.63) is 42.2 Å². The van der Waals surface area contributed by atoms with Crippen molar-refractivity contribution in [1.29, 1.82) is 0 Å². The summed E-state index contributed by atoms with van der Waals surface area (Å²) >= 11 is 5.15. The lowest BCUT2D eigenvalue weighted by Gasteiger charge is -2.10. The quantitative estimate of drug-likeness (QED) is 0.510. The van der Waals surface area contributed by atoms with Crippen LogP contribution in [0.5, 0.6) is 5.75 Å². The number of anilines is 1. The fraction of sp³-hybridized carbons (Fsp3) is 0.154. The molecule has 1 heterocycles. The maximum atomic E-state index is 5.22. The third-order valence-corrected chi connectivity index (χ3v) is 2.65. The van der Waals surface area contributed by atoms with Crippen LogP contribution in [0.25, 0.3) is 0 Å². The van der Waals surface area contributed by atoms with Crippen LogP contribution in [0.2, 0.25) is 0 Å². The van der Waals surface area contributed by atoms with Crippen LogP contribution in [0.1, 0.15) is 5.56 Å². The van der Waals surface area contributed by atoms with E-state index in [1.807, 2.05) is 37.5 Å². The van der Waals surface area contributed by atoms with Crippen molar-refractivity contribution in [2.75, 3.05) is 12.4 Å². The number of hydrogen-bond acceptors (Lipinski definition) is 4. The molecule has 7 heteroatoms. The van der Waals surface area contributed by atoms with Crippen molar-refractivity contribution in [3.8, 4) is 5.75 Å². The third kappa shape index (κ3) is 3.79. The van der Waals surface area contributed by atoms with E-state index < -0.39 is 0 Å². The van der Waals surface area contributed by atoms with Crippen LogP contribution in [-0.4, -0.2) is 28.2 Å². The number of aryl methyl sites for hydroxylation is 1. The van der Waals surface area contributed by atoms with Gasteiger partial charge in [-0.15, -0.1) is 0 Å². The summed E-state index contributed by atoms with van der Waals surface area (Å²) < 4.78 is 6.92. The predicted octanol–water partition coefficient (Wildman–Crippen LogP) is 1.75. The Balaban J connectivity index is 1.91. The second-order valence-electron chi connectivity index (χ2n) is 3.97. The highest BCUT2D eigenvalue weighted by Gasteiger charge is 2.02. The average Bonchev–Trinajstić information content (AvgIpc) is 2.85. The van der Waals surface area contributed by atoms with Gasteiger partial charge in [0.2, 0.25) is 0 Å². The summed E-state index contributed by atoms with van der Waals surface area (Å²) in [6.45, 7) is 0. The van der Waals surface area contributed by atoms with Crippen molar-refractivity contribution >= 4 is 29.2 Å². The highest BCUT2D eigenvalue weighted by Crippen LogP contribution is 2.22. The monoisotopic (exact) mass is 289 g/mol. The van der Waals surface area contributed by atoms with E-state index in [1.54, 1.807) is 24.2 Å². The van der Waals surface area contributed by atoms with E-state index in [2.05, 4.69) is 20.9 Å². The first-order valence-corrected chi connectivity index (χ1v) is 6.31. The lowest BCUT2D eigenvalue weighted by atomic mass is 10.3. The van der Waals surface area contributed by atoms with Crippen LogP contribution >= 0.6 is 12.2 Å². The van der Waals surface area contributed by atoms with Gasteiger partial charge < -0.3 is 10.1 Å². The topological polar surface area (TPSA) is 63.5 Å². The summed E-state index contributed by atoms with van der Waals surface area (Å²) in [6.07, 6.45) is 5.20. The minimum Gasteiger partial charge on any atom is -0.495 e. The number of nitrogens with zero attached hydrogens (tertiary/aromatic N) is 3. The molecule has 2 aromatic rings. The van der Waals surface area contributed by atoms with Crippen LogP contribution in [0, 0.1) is 0 Å². The van der Waals surface area contributed by atoms with E-state index in [9.17, 15) is 0 Å². The van der Waals surface area contributed by atoms with Crippen LogP contribution < -0.4 is 15.5 Å². The Morgan fingerprint density at radius 3 is 2.95 bits per heavy atom. The zero-order valence-electron chi connectivity index (χ0n) is 11.2. The van der Waals surface area contributed by atoms with E-state index >= 15 is 0 Å². The summed E-state index contributed by atoms with van der Waals surface area (Å²) in [7, 11) is 3.45. The minimum absolute atomic E-state index is 0.384. The first kappa shape index (κ1) is 14.0. The first-order chi connectivity index (χ1) is 9.69. The Kier molecular flexibility index (Phi) is 4.67. The molecule has 1 aromatic heterocycles. The number of hydrazone groups is 1. The van der Waals surface area contributed by atoms with Gasteiger partial charge in [0, 0.05) is 18.8 Å². The molecule has 0 saturated carbocycles. The van der Waals surface area contributed by atoms with Crippen molar-refractivity contribution in [3.63, 3.8) is 0 Å². The highest BCUT2D eigenvalue weighted by molar-refractivity contribution is 7.80. The van der Waals surface area contributed by atoms with E-state index in [0.29, 0.717) is 10.9 Å². The van der Waals surface area contributed by atoms with Crippen molar-refractivity contribution < 1.29 is 4.74 Å². The SMILES string of the molecule is COc1ccccc1NC(=S)N/N=C/c1cnn(C)c1. The number of aromatic nitrogens is 2. The van der Waals surface area contributed by atoms with Gasteiger partial charge in [0.25, 0.3) is 0 Å². The number of nitrogens with one attached hydrogen (secondary N) is 2. The molecular formula is C13H15N5OS. The molecular weight excluding hydrogens is 274 g/mol. The van der Waals surface area contributed by atoms with E-state index in [4.69, 9.17) is 17.0 Å². The molecule has 2 rings (SSSR count). The number of methoxy groups -OCH3 is 1. The number of para-hydroxylation sites is 2. The normalized spacial score (nSPS) is 10.5. The molecule has 0 bridgehead atoms. The molecule has 20 heavy (non-hydrogen) atoms. The molecule has 0 spiro atoms. The van der Waals surface area contributed by atoms with Gasteiger partial charge in [-0.1, -0.05) is 12.1 Å². The summed E-state index contributed by atoms with van der Waals surface area (Å²) in [5.41, 5.74) is 4.41. The molecule has 2 N–H and O–H groups in total. The molecule has 0 aliphatic heterocycles. The van der Waals surface area contributed by atoms with Gasteiger partial charge in [0.05, 0.1) is 25.2 Å². The largest absolute Gasteiger partial charge is 0.495 e.